The first-order chi connectivity index (χ1) is 13.4. The Morgan fingerprint density at radius 1 is 1.04 bits per heavy atom. The molecule has 9 heteroatoms. The summed E-state index contributed by atoms with van der Waals surface area (Å²) in [6, 6.07) is 7.29. The molecule has 0 saturated carbocycles. The molecule has 1 amide bonds. The summed E-state index contributed by atoms with van der Waals surface area (Å²) in [5.74, 6) is 0.534. The highest BCUT2D eigenvalue weighted by atomic mass is 19.4. The number of benzene rings is 1. The zero-order valence-electron chi connectivity index (χ0n) is 15.3. The van der Waals surface area contributed by atoms with Crippen molar-refractivity contribution in [3.63, 3.8) is 0 Å². The topological polar surface area (TPSA) is 61.4 Å². The van der Waals surface area contributed by atoms with Gasteiger partial charge in [-0.1, -0.05) is 12.1 Å². The van der Waals surface area contributed by atoms with Crippen LogP contribution in [0.3, 0.4) is 0 Å². The zero-order chi connectivity index (χ0) is 20.0. The molecule has 0 radical (unpaired) electrons. The van der Waals surface area contributed by atoms with E-state index in [4.69, 9.17) is 0 Å². The minimum Gasteiger partial charge on any atom is -0.367 e. The number of anilines is 2. The number of rotatable bonds is 6. The Morgan fingerprint density at radius 3 is 2.39 bits per heavy atom. The maximum absolute atomic E-state index is 13.2. The van der Waals surface area contributed by atoms with Gasteiger partial charge in [0.15, 0.2) is 0 Å². The second-order valence-electron chi connectivity index (χ2n) is 6.49. The van der Waals surface area contributed by atoms with E-state index < -0.39 is 11.7 Å². The molecule has 1 aromatic carbocycles. The highest BCUT2D eigenvalue weighted by Crippen LogP contribution is 2.36. The monoisotopic (exact) mass is 393 g/mol. The van der Waals surface area contributed by atoms with Crippen molar-refractivity contribution in [2.75, 3.05) is 42.9 Å². The lowest BCUT2D eigenvalue weighted by Gasteiger charge is -2.37. The molecular weight excluding hydrogens is 371 g/mol. The second kappa shape index (κ2) is 8.90. The number of piperazine rings is 1. The van der Waals surface area contributed by atoms with Gasteiger partial charge < -0.3 is 15.1 Å². The van der Waals surface area contributed by atoms with E-state index in [-0.39, 0.29) is 11.6 Å². The van der Waals surface area contributed by atoms with E-state index in [0.717, 1.165) is 6.07 Å². The molecule has 2 aromatic rings. The summed E-state index contributed by atoms with van der Waals surface area (Å²) >= 11 is 0. The second-order valence-corrected chi connectivity index (χ2v) is 6.49. The van der Waals surface area contributed by atoms with Crippen molar-refractivity contribution in [2.24, 2.45) is 0 Å². The molecule has 0 unspecified atom stereocenters. The largest absolute Gasteiger partial charge is 0.418 e. The molecule has 6 nitrogen and oxygen atoms in total. The van der Waals surface area contributed by atoms with Gasteiger partial charge in [-0.2, -0.15) is 13.2 Å². The number of hydrogen-bond donors (Lipinski definition) is 1. The molecule has 1 aromatic heterocycles. The summed E-state index contributed by atoms with van der Waals surface area (Å²) in [5, 5.41) is 3.04. The van der Waals surface area contributed by atoms with Gasteiger partial charge in [-0.3, -0.25) is 4.79 Å². The van der Waals surface area contributed by atoms with Crippen LogP contribution in [0.15, 0.2) is 42.7 Å². The Hall–Kier alpha value is -2.84. The lowest BCUT2D eigenvalue weighted by molar-refractivity contribution is -0.137. The molecule has 1 saturated heterocycles. The van der Waals surface area contributed by atoms with Crippen molar-refractivity contribution in [1.29, 1.82) is 0 Å². The maximum Gasteiger partial charge on any atom is 0.418 e. The fourth-order valence-electron chi connectivity index (χ4n) is 3.17. The van der Waals surface area contributed by atoms with Gasteiger partial charge in [-0.25, -0.2) is 9.97 Å². The normalized spacial score (nSPS) is 14.8. The molecule has 2 heterocycles. The molecule has 3 rings (SSSR count). The third-order valence-corrected chi connectivity index (χ3v) is 4.60. The van der Waals surface area contributed by atoms with Crippen LogP contribution in [-0.4, -0.2) is 53.5 Å². The Labute approximate surface area is 161 Å². The Kier molecular flexibility index (Phi) is 6.33. The van der Waals surface area contributed by atoms with Crippen LogP contribution in [0.2, 0.25) is 0 Å². The van der Waals surface area contributed by atoms with Crippen LogP contribution in [-0.2, 0) is 11.0 Å². The molecule has 1 aliphatic rings. The number of halogens is 3. The van der Waals surface area contributed by atoms with Crippen molar-refractivity contribution in [1.82, 2.24) is 14.9 Å². The fraction of sp³-hybridized carbons (Fsp3) is 0.421. The number of nitrogens with one attached hydrogen (secondary N) is 1. The lowest BCUT2D eigenvalue weighted by Crippen LogP contribution is -2.49. The minimum atomic E-state index is -4.39. The quantitative estimate of drug-likeness (QED) is 0.765. The highest BCUT2D eigenvalue weighted by Gasteiger charge is 2.35. The predicted octanol–water partition coefficient (Wildman–Crippen LogP) is 3.04. The number of para-hydroxylation sites is 1. The molecule has 28 heavy (non-hydrogen) atoms. The van der Waals surface area contributed by atoms with Gasteiger partial charge >= 0.3 is 6.18 Å². The number of carbonyl (C=O) groups is 1. The van der Waals surface area contributed by atoms with Gasteiger partial charge in [0.2, 0.25) is 11.9 Å². The number of aromatic nitrogens is 2. The molecular formula is C19H22F3N5O. The van der Waals surface area contributed by atoms with Crippen molar-refractivity contribution in [3.05, 3.63) is 48.3 Å². The Bertz CT molecular complexity index is 777. The molecule has 0 aliphatic carbocycles. The van der Waals surface area contributed by atoms with Gasteiger partial charge in [0.25, 0.3) is 0 Å². The lowest BCUT2D eigenvalue weighted by atomic mass is 10.1. The predicted molar refractivity (Wildman–Crippen MR) is 100.0 cm³/mol. The maximum atomic E-state index is 13.2. The van der Waals surface area contributed by atoms with Crippen molar-refractivity contribution in [2.45, 2.75) is 19.0 Å². The van der Waals surface area contributed by atoms with Gasteiger partial charge in [0, 0.05) is 57.2 Å². The van der Waals surface area contributed by atoms with Crippen LogP contribution in [0.4, 0.5) is 24.8 Å². The molecule has 1 N–H and O–H groups in total. The van der Waals surface area contributed by atoms with Crippen LogP contribution in [0, 0.1) is 0 Å². The van der Waals surface area contributed by atoms with Gasteiger partial charge in [0.05, 0.1) is 5.56 Å². The van der Waals surface area contributed by atoms with Crippen LogP contribution < -0.4 is 10.2 Å². The SMILES string of the molecule is O=C(CCCNc1ncccn1)N1CCN(c2ccccc2C(F)(F)F)CC1. The molecule has 0 spiro atoms. The molecule has 0 bridgehead atoms. The van der Waals surface area contributed by atoms with E-state index in [9.17, 15) is 18.0 Å². The molecule has 150 valence electrons. The Balaban J connectivity index is 1.46. The van der Waals surface area contributed by atoms with Crippen LogP contribution in [0.5, 0.6) is 0 Å². The van der Waals surface area contributed by atoms with E-state index in [2.05, 4.69) is 15.3 Å². The van der Waals surface area contributed by atoms with Crippen molar-refractivity contribution >= 4 is 17.5 Å². The van der Waals surface area contributed by atoms with E-state index in [0.29, 0.717) is 51.5 Å². The van der Waals surface area contributed by atoms with E-state index in [1.165, 1.54) is 12.1 Å². The van der Waals surface area contributed by atoms with Crippen molar-refractivity contribution in [3.8, 4) is 0 Å². The van der Waals surface area contributed by atoms with E-state index in [1.54, 1.807) is 34.3 Å². The summed E-state index contributed by atoms with van der Waals surface area (Å²) < 4.78 is 39.6. The molecule has 1 fully saturated rings. The number of alkyl halides is 3. The third kappa shape index (κ3) is 5.11. The average molecular weight is 393 g/mol. The Morgan fingerprint density at radius 2 is 1.71 bits per heavy atom. The molecule has 1 aliphatic heterocycles. The van der Waals surface area contributed by atoms with Crippen LogP contribution >= 0.6 is 0 Å². The zero-order valence-corrected chi connectivity index (χ0v) is 15.3. The summed E-state index contributed by atoms with van der Waals surface area (Å²) in [7, 11) is 0. The van der Waals surface area contributed by atoms with Gasteiger partial charge in [0.1, 0.15) is 0 Å². The smallest absolute Gasteiger partial charge is 0.367 e. The van der Waals surface area contributed by atoms with E-state index in [1.807, 2.05) is 0 Å². The standard InChI is InChI=1S/C19H22F3N5O/c20-19(21,22)15-5-1-2-6-16(15)26-11-13-27(14-12-26)17(28)7-3-8-23-18-24-9-4-10-25-18/h1-2,4-6,9-10H,3,7-8,11-14H2,(H,23,24,25). The number of amides is 1. The third-order valence-electron chi connectivity index (χ3n) is 4.60. The first-order valence-electron chi connectivity index (χ1n) is 9.15. The summed E-state index contributed by atoms with van der Waals surface area (Å²) in [6.07, 6.45) is -0.111. The number of nitrogens with zero attached hydrogens (tertiary/aromatic N) is 4. The van der Waals surface area contributed by atoms with Gasteiger partial charge in [-0.15, -0.1) is 0 Å². The van der Waals surface area contributed by atoms with Crippen LogP contribution in [0.25, 0.3) is 0 Å². The first kappa shape index (κ1) is 19.9. The van der Waals surface area contributed by atoms with E-state index >= 15 is 0 Å². The van der Waals surface area contributed by atoms with Crippen molar-refractivity contribution < 1.29 is 18.0 Å². The summed E-state index contributed by atoms with van der Waals surface area (Å²) in [5.41, 5.74) is -0.460. The summed E-state index contributed by atoms with van der Waals surface area (Å²) in [4.78, 5) is 23.8. The number of carbonyl (C=O) groups excluding carboxylic acids is 1. The fourth-order valence-corrected chi connectivity index (χ4v) is 3.17. The van der Waals surface area contributed by atoms with Gasteiger partial charge in [-0.05, 0) is 24.6 Å². The number of hydrogen-bond acceptors (Lipinski definition) is 5. The first-order valence-corrected chi connectivity index (χ1v) is 9.15. The van der Waals surface area contributed by atoms with Crippen LogP contribution in [0.1, 0.15) is 18.4 Å². The highest BCUT2D eigenvalue weighted by molar-refractivity contribution is 5.76. The minimum absolute atomic E-state index is 0.0135. The summed E-state index contributed by atoms with van der Waals surface area (Å²) in [6.45, 7) is 2.18. The molecule has 0 atom stereocenters. The average Bonchev–Trinajstić information content (AvgIpc) is 2.71.